The van der Waals surface area contributed by atoms with E-state index in [0.29, 0.717) is 59.5 Å². The second-order valence-corrected chi connectivity index (χ2v) is 14.7. The maximum absolute atomic E-state index is 14.0. The summed E-state index contributed by atoms with van der Waals surface area (Å²) in [6.45, 7) is 7.07. The lowest BCUT2D eigenvalue weighted by molar-refractivity contribution is -0.139. The number of halogens is 2. The fourth-order valence-corrected chi connectivity index (χ4v) is 7.24. The first-order valence-corrected chi connectivity index (χ1v) is 17.6. The Kier molecular flexibility index (Phi) is 10.5. The fraction of sp³-hybridized carbons (Fsp3) is 0.371. The van der Waals surface area contributed by atoms with Crippen molar-refractivity contribution < 1.29 is 38.1 Å². The third-order valence-corrected chi connectivity index (χ3v) is 9.80. The Labute approximate surface area is 307 Å². The highest BCUT2D eigenvalue weighted by Crippen LogP contribution is 2.37. The minimum absolute atomic E-state index is 0.110. The SMILES string of the molecule is COC(=O)C1=C(CN2CCN3C(=O)N(c4ccc(C(NC(=O)OC(C)(C)C)C(=O)O)cc4)C[C@@H]3C2)NC(c2nccs2)=N[C@H]1c1ccc(F)cc1Cl. The fourth-order valence-electron chi connectivity index (χ4n) is 6.38. The molecule has 0 bridgehead atoms. The number of thiazole rings is 1. The number of nitrogens with zero attached hydrogens (tertiary/aromatic N) is 5. The van der Waals surface area contributed by atoms with Crippen LogP contribution in [-0.2, 0) is 19.1 Å². The maximum atomic E-state index is 14.0. The predicted molar refractivity (Wildman–Crippen MR) is 191 cm³/mol. The van der Waals surface area contributed by atoms with E-state index in [0.717, 1.165) is 0 Å². The zero-order valence-corrected chi connectivity index (χ0v) is 30.3. The molecule has 2 saturated heterocycles. The van der Waals surface area contributed by atoms with E-state index >= 15 is 0 Å². The number of ether oxygens (including phenoxy) is 2. The third-order valence-electron chi connectivity index (χ3n) is 8.69. The normalized spacial score (nSPS) is 19.8. The van der Waals surface area contributed by atoms with Crippen molar-refractivity contribution in [2.45, 2.75) is 44.5 Å². The van der Waals surface area contributed by atoms with E-state index in [-0.39, 0.29) is 29.2 Å². The molecule has 17 heteroatoms. The Morgan fingerprint density at radius 3 is 2.54 bits per heavy atom. The average molecular weight is 754 g/mol. The number of anilines is 1. The lowest BCUT2D eigenvalue weighted by Crippen LogP contribution is -2.53. The van der Waals surface area contributed by atoms with Crippen LogP contribution in [0.5, 0.6) is 0 Å². The van der Waals surface area contributed by atoms with Gasteiger partial charge in [0.25, 0.3) is 0 Å². The van der Waals surface area contributed by atoms with E-state index in [9.17, 15) is 28.7 Å². The first kappa shape index (κ1) is 36.7. The molecule has 3 aromatic rings. The van der Waals surface area contributed by atoms with Gasteiger partial charge in [0.15, 0.2) is 16.9 Å². The number of hydrogen-bond donors (Lipinski definition) is 3. The van der Waals surface area contributed by atoms with Gasteiger partial charge in [-0.15, -0.1) is 11.3 Å². The molecule has 0 saturated carbocycles. The number of amides is 3. The van der Waals surface area contributed by atoms with E-state index in [1.165, 1.54) is 36.6 Å². The van der Waals surface area contributed by atoms with Crippen LogP contribution >= 0.6 is 22.9 Å². The molecule has 4 heterocycles. The molecule has 2 fully saturated rings. The van der Waals surface area contributed by atoms with Crippen LogP contribution in [0.25, 0.3) is 0 Å². The summed E-state index contributed by atoms with van der Waals surface area (Å²) in [5, 5.41) is 18.0. The number of nitrogens with one attached hydrogen (secondary N) is 2. The molecule has 1 aromatic heterocycles. The van der Waals surface area contributed by atoms with Gasteiger partial charge < -0.3 is 30.1 Å². The number of amidine groups is 1. The molecule has 0 aliphatic carbocycles. The highest BCUT2D eigenvalue weighted by atomic mass is 35.5. The number of benzene rings is 2. The number of aromatic nitrogens is 1. The summed E-state index contributed by atoms with van der Waals surface area (Å²) in [6.07, 6.45) is 0.782. The molecule has 14 nitrogen and oxygen atoms in total. The number of fused-ring (bicyclic) bond motifs is 1. The summed E-state index contributed by atoms with van der Waals surface area (Å²) in [4.78, 5) is 65.9. The van der Waals surface area contributed by atoms with E-state index in [2.05, 4.69) is 20.5 Å². The Morgan fingerprint density at radius 2 is 1.90 bits per heavy atom. The molecule has 2 aromatic carbocycles. The van der Waals surface area contributed by atoms with Gasteiger partial charge in [0.1, 0.15) is 17.5 Å². The van der Waals surface area contributed by atoms with Crippen molar-refractivity contribution in [1.29, 1.82) is 0 Å². The zero-order chi connectivity index (χ0) is 37.3. The van der Waals surface area contributed by atoms with E-state index in [4.69, 9.17) is 26.1 Å². The number of urea groups is 1. The smallest absolute Gasteiger partial charge is 0.408 e. The largest absolute Gasteiger partial charge is 0.479 e. The standard InChI is InChI=1S/C35H37ClFN7O7S/c1-35(2,3)51-33(48)41-27(31(45)46)19-5-8-21(9-6-19)44-17-22-16-42(12-13-43(22)34(44)49)18-25-26(32(47)50-4)28(23-10-7-20(37)15-24(23)36)40-29(39-25)30-38-11-14-52-30/h5-11,14-15,22,27-28H,12-13,16-18H2,1-4H3,(H,39,40)(H,41,48)(H,45,46)/t22-,27?,28-/m0/s1. The number of hydrogen-bond acceptors (Lipinski definition) is 11. The molecule has 52 heavy (non-hydrogen) atoms. The Balaban J connectivity index is 1.20. The van der Waals surface area contributed by atoms with Crippen molar-refractivity contribution in [2.24, 2.45) is 4.99 Å². The van der Waals surface area contributed by atoms with E-state index in [1.807, 2.05) is 0 Å². The second kappa shape index (κ2) is 14.9. The van der Waals surface area contributed by atoms with E-state index in [1.54, 1.807) is 66.4 Å². The average Bonchev–Trinajstić information content (AvgIpc) is 3.74. The van der Waals surface area contributed by atoms with Crippen molar-refractivity contribution in [2.75, 3.05) is 44.7 Å². The van der Waals surface area contributed by atoms with Gasteiger partial charge in [-0.25, -0.2) is 28.6 Å². The number of carboxylic acids is 1. The molecule has 1 unspecified atom stereocenters. The highest BCUT2D eigenvalue weighted by molar-refractivity contribution is 7.11. The number of carbonyl (C=O) groups is 4. The van der Waals surface area contributed by atoms with Crippen LogP contribution < -0.4 is 15.5 Å². The number of piperazine rings is 1. The summed E-state index contributed by atoms with van der Waals surface area (Å²) in [5.74, 6) is -1.98. The molecule has 3 aliphatic rings. The minimum Gasteiger partial charge on any atom is -0.479 e. The molecule has 6 rings (SSSR count). The minimum atomic E-state index is -1.35. The molecular formula is C35H37ClFN7O7S. The van der Waals surface area contributed by atoms with Gasteiger partial charge in [0.05, 0.1) is 18.7 Å². The summed E-state index contributed by atoms with van der Waals surface area (Å²) in [7, 11) is 1.28. The number of methoxy groups -OCH3 is 1. The second-order valence-electron chi connectivity index (χ2n) is 13.4. The van der Waals surface area contributed by atoms with Gasteiger partial charge in [0.2, 0.25) is 0 Å². The molecule has 274 valence electrons. The summed E-state index contributed by atoms with van der Waals surface area (Å²) in [5.41, 5.74) is 1.26. The zero-order valence-electron chi connectivity index (χ0n) is 28.8. The number of carbonyl (C=O) groups excluding carboxylic acids is 3. The molecule has 3 N–H and O–H groups in total. The Morgan fingerprint density at radius 1 is 1.15 bits per heavy atom. The summed E-state index contributed by atoms with van der Waals surface area (Å²) < 4.78 is 24.5. The predicted octanol–water partition coefficient (Wildman–Crippen LogP) is 4.73. The van der Waals surface area contributed by atoms with Gasteiger partial charge in [-0.3, -0.25) is 14.8 Å². The molecular weight excluding hydrogens is 717 g/mol. The lowest BCUT2D eigenvalue weighted by atomic mass is 9.95. The third kappa shape index (κ3) is 7.88. The number of carboxylic acid groups (broad SMARTS) is 1. The van der Waals surface area contributed by atoms with Gasteiger partial charge >= 0.3 is 24.1 Å². The molecule has 3 amide bonds. The van der Waals surface area contributed by atoms with E-state index < -0.39 is 41.5 Å². The molecule has 3 atom stereocenters. The van der Waals surface area contributed by atoms with Crippen LogP contribution in [0.2, 0.25) is 5.02 Å². The van der Waals surface area contributed by atoms with Gasteiger partial charge in [0, 0.05) is 66.3 Å². The molecule has 3 aliphatic heterocycles. The molecule has 0 radical (unpaired) electrons. The number of esters is 1. The quantitative estimate of drug-likeness (QED) is 0.260. The topological polar surface area (TPSA) is 166 Å². The van der Waals surface area contributed by atoms with Gasteiger partial charge in [-0.05, 0) is 50.6 Å². The van der Waals surface area contributed by atoms with Crippen molar-refractivity contribution in [3.8, 4) is 0 Å². The van der Waals surface area contributed by atoms with Crippen molar-refractivity contribution in [1.82, 2.24) is 25.4 Å². The first-order valence-electron chi connectivity index (χ1n) is 16.4. The number of rotatable bonds is 9. The van der Waals surface area contributed by atoms with Crippen LogP contribution in [0.4, 0.5) is 19.7 Å². The van der Waals surface area contributed by atoms with Gasteiger partial charge in [-0.2, -0.15) is 0 Å². The molecule has 0 spiro atoms. The van der Waals surface area contributed by atoms with Crippen molar-refractivity contribution in [3.63, 3.8) is 0 Å². The lowest BCUT2D eigenvalue weighted by Gasteiger charge is -2.38. The van der Waals surface area contributed by atoms with Crippen molar-refractivity contribution >= 4 is 58.5 Å². The van der Waals surface area contributed by atoms with Crippen LogP contribution in [0.3, 0.4) is 0 Å². The van der Waals surface area contributed by atoms with Crippen LogP contribution in [0.1, 0.15) is 49.0 Å². The number of aliphatic carboxylic acids is 1. The van der Waals surface area contributed by atoms with Crippen LogP contribution in [0, 0.1) is 5.82 Å². The van der Waals surface area contributed by atoms with Gasteiger partial charge in [-0.1, -0.05) is 29.8 Å². The Hall–Kier alpha value is -5.06. The summed E-state index contributed by atoms with van der Waals surface area (Å²) in [6, 6.07) is 7.72. The number of aliphatic imine (C=N–C) groups is 1. The number of alkyl carbamates (subject to hydrolysis) is 1. The Bertz CT molecular complexity index is 1930. The highest BCUT2D eigenvalue weighted by Gasteiger charge is 2.42. The maximum Gasteiger partial charge on any atom is 0.408 e. The summed E-state index contributed by atoms with van der Waals surface area (Å²) >= 11 is 7.85. The van der Waals surface area contributed by atoms with Crippen LogP contribution in [-0.4, -0.2) is 101 Å². The monoisotopic (exact) mass is 753 g/mol. The first-order chi connectivity index (χ1) is 24.7. The van der Waals surface area contributed by atoms with Crippen LogP contribution in [0.15, 0.2) is 70.3 Å². The van der Waals surface area contributed by atoms with Crippen molar-refractivity contribution in [3.05, 3.63) is 92.3 Å².